The molecule has 0 spiro atoms. The molecule has 0 bridgehead atoms. The van der Waals surface area contributed by atoms with Crippen LogP contribution in [-0.2, 0) is 0 Å². The van der Waals surface area contributed by atoms with Crippen LogP contribution in [0.1, 0.15) is 29.6 Å². The maximum absolute atomic E-state index is 10.1. The van der Waals surface area contributed by atoms with Gasteiger partial charge < -0.3 is 10.4 Å². The van der Waals surface area contributed by atoms with Gasteiger partial charge in [-0.3, -0.25) is 0 Å². The van der Waals surface area contributed by atoms with E-state index in [4.69, 9.17) is 0 Å². The Bertz CT molecular complexity index is 645. The third-order valence-electron chi connectivity index (χ3n) is 3.23. The Balaban J connectivity index is 1.65. The number of nitrogens with one attached hydrogen (secondary N) is 1. The summed E-state index contributed by atoms with van der Waals surface area (Å²) in [5.74, 6) is 0. The van der Waals surface area contributed by atoms with Gasteiger partial charge in [-0.2, -0.15) is 11.3 Å². The van der Waals surface area contributed by atoms with Crippen molar-refractivity contribution in [3.8, 4) is 0 Å². The first kappa shape index (κ1) is 13.7. The summed E-state index contributed by atoms with van der Waals surface area (Å²) < 4.78 is 1.20. The van der Waals surface area contributed by atoms with Gasteiger partial charge in [-0.05, 0) is 41.4 Å². The molecule has 2 N–H and O–H groups in total. The number of fused-ring (bicyclic) bond motifs is 1. The predicted molar refractivity (Wildman–Crippen MR) is 85.3 cm³/mol. The van der Waals surface area contributed by atoms with Gasteiger partial charge >= 0.3 is 0 Å². The van der Waals surface area contributed by atoms with Crippen LogP contribution in [0, 0.1) is 0 Å². The first-order valence-corrected chi connectivity index (χ1v) is 8.29. The maximum atomic E-state index is 10.1. The molecule has 0 aliphatic heterocycles. The highest BCUT2D eigenvalue weighted by Gasteiger charge is 2.14. The van der Waals surface area contributed by atoms with Crippen molar-refractivity contribution in [2.45, 2.75) is 19.1 Å². The van der Waals surface area contributed by atoms with Crippen LogP contribution in [0.4, 0.5) is 0 Å². The van der Waals surface area contributed by atoms with E-state index in [0.29, 0.717) is 6.54 Å². The molecule has 20 heavy (non-hydrogen) atoms. The van der Waals surface area contributed by atoms with E-state index >= 15 is 0 Å². The highest BCUT2D eigenvalue weighted by molar-refractivity contribution is 7.18. The summed E-state index contributed by atoms with van der Waals surface area (Å²) in [6.07, 6.45) is -0.460. The van der Waals surface area contributed by atoms with Crippen LogP contribution in [0.3, 0.4) is 0 Å². The molecule has 0 fully saturated rings. The van der Waals surface area contributed by atoms with Crippen LogP contribution in [0.15, 0.2) is 41.1 Å². The molecule has 0 aliphatic rings. The van der Waals surface area contributed by atoms with E-state index in [9.17, 15) is 5.11 Å². The van der Waals surface area contributed by atoms with Crippen molar-refractivity contribution in [2.75, 3.05) is 6.54 Å². The Labute approximate surface area is 125 Å². The molecular weight excluding hydrogens is 288 g/mol. The van der Waals surface area contributed by atoms with Gasteiger partial charge in [0.05, 0.1) is 22.4 Å². The molecule has 3 aromatic rings. The smallest absolute Gasteiger partial charge is 0.111 e. The summed E-state index contributed by atoms with van der Waals surface area (Å²) in [5, 5.41) is 18.4. The Morgan fingerprint density at radius 1 is 1.30 bits per heavy atom. The van der Waals surface area contributed by atoms with E-state index in [1.807, 2.05) is 35.0 Å². The molecule has 0 aliphatic carbocycles. The minimum Gasteiger partial charge on any atom is -0.387 e. The molecule has 2 unspecified atom stereocenters. The van der Waals surface area contributed by atoms with Gasteiger partial charge in [-0.25, -0.2) is 4.98 Å². The van der Waals surface area contributed by atoms with Crippen molar-refractivity contribution in [1.82, 2.24) is 10.3 Å². The Hall–Kier alpha value is -1.27. The van der Waals surface area contributed by atoms with Crippen LogP contribution in [0.5, 0.6) is 0 Å². The number of aliphatic hydroxyl groups is 1. The lowest BCUT2D eigenvalue weighted by Crippen LogP contribution is -2.24. The molecule has 0 radical (unpaired) electrons. The highest BCUT2D eigenvalue weighted by atomic mass is 32.1. The zero-order valence-electron chi connectivity index (χ0n) is 11.1. The fraction of sp³-hybridized carbons (Fsp3) is 0.267. The highest BCUT2D eigenvalue weighted by Crippen LogP contribution is 2.26. The summed E-state index contributed by atoms with van der Waals surface area (Å²) in [6, 6.07) is 10.2. The zero-order chi connectivity index (χ0) is 13.9. The number of hydrogen-bond donors (Lipinski definition) is 2. The van der Waals surface area contributed by atoms with Gasteiger partial charge in [0.25, 0.3) is 0 Å². The normalized spacial score (nSPS) is 14.5. The molecule has 1 aromatic carbocycles. The average molecular weight is 304 g/mol. The van der Waals surface area contributed by atoms with E-state index in [0.717, 1.165) is 16.1 Å². The van der Waals surface area contributed by atoms with Crippen molar-refractivity contribution < 1.29 is 5.11 Å². The maximum Gasteiger partial charge on any atom is 0.111 e. The quantitative estimate of drug-likeness (QED) is 0.754. The summed E-state index contributed by atoms with van der Waals surface area (Å²) in [5.41, 5.74) is 2.01. The van der Waals surface area contributed by atoms with Crippen molar-refractivity contribution in [2.24, 2.45) is 0 Å². The molecule has 5 heteroatoms. The van der Waals surface area contributed by atoms with Crippen molar-refractivity contribution >= 4 is 32.9 Å². The number of benzene rings is 1. The number of para-hydroxylation sites is 1. The fourth-order valence-corrected chi connectivity index (χ4v) is 3.73. The molecule has 3 rings (SSSR count). The SMILES string of the molecule is CC(NCC(O)c1ccsc1)c1nc2ccccc2s1. The summed E-state index contributed by atoms with van der Waals surface area (Å²) >= 11 is 3.30. The number of thiophene rings is 1. The summed E-state index contributed by atoms with van der Waals surface area (Å²) in [7, 11) is 0. The number of rotatable bonds is 5. The van der Waals surface area contributed by atoms with Crippen LogP contribution in [-0.4, -0.2) is 16.6 Å². The summed E-state index contributed by atoms with van der Waals surface area (Å²) in [6.45, 7) is 2.62. The Morgan fingerprint density at radius 2 is 2.15 bits per heavy atom. The summed E-state index contributed by atoms with van der Waals surface area (Å²) in [4.78, 5) is 4.63. The number of nitrogens with zero attached hydrogens (tertiary/aromatic N) is 1. The predicted octanol–water partition coefficient (Wildman–Crippen LogP) is 3.74. The number of thiazole rings is 1. The fourth-order valence-electron chi connectivity index (χ4n) is 2.03. The van der Waals surface area contributed by atoms with E-state index in [1.165, 1.54) is 4.70 Å². The van der Waals surface area contributed by atoms with Gasteiger partial charge in [-0.1, -0.05) is 12.1 Å². The molecule has 3 nitrogen and oxygen atoms in total. The second-order valence-corrected chi connectivity index (χ2v) is 6.56. The van der Waals surface area contributed by atoms with Crippen LogP contribution < -0.4 is 5.32 Å². The lowest BCUT2D eigenvalue weighted by Gasteiger charge is -2.14. The van der Waals surface area contributed by atoms with Gasteiger partial charge in [0.2, 0.25) is 0 Å². The lowest BCUT2D eigenvalue weighted by molar-refractivity contribution is 0.171. The van der Waals surface area contributed by atoms with Crippen molar-refractivity contribution in [3.05, 3.63) is 51.7 Å². The standard InChI is InChI=1S/C15H16N2OS2/c1-10(16-8-13(18)11-6-7-19-9-11)15-17-12-4-2-3-5-14(12)20-15/h2-7,9-10,13,16,18H,8H2,1H3. The number of aromatic nitrogens is 1. The van der Waals surface area contributed by atoms with Crippen LogP contribution >= 0.6 is 22.7 Å². The van der Waals surface area contributed by atoms with E-state index in [-0.39, 0.29) is 6.04 Å². The zero-order valence-corrected chi connectivity index (χ0v) is 12.7. The Morgan fingerprint density at radius 3 is 2.90 bits per heavy atom. The molecule has 0 saturated heterocycles. The lowest BCUT2D eigenvalue weighted by atomic mass is 10.2. The molecule has 0 amide bonds. The minimum atomic E-state index is -0.460. The van der Waals surface area contributed by atoms with Gasteiger partial charge in [0.15, 0.2) is 0 Å². The second-order valence-electron chi connectivity index (χ2n) is 4.72. The molecule has 2 atom stereocenters. The van der Waals surface area contributed by atoms with E-state index in [2.05, 4.69) is 23.3 Å². The first-order chi connectivity index (χ1) is 9.74. The average Bonchev–Trinajstić information content (AvgIpc) is 3.12. The van der Waals surface area contributed by atoms with E-state index in [1.54, 1.807) is 22.7 Å². The molecule has 104 valence electrons. The van der Waals surface area contributed by atoms with Gasteiger partial charge in [0, 0.05) is 6.54 Å². The number of hydrogen-bond acceptors (Lipinski definition) is 5. The van der Waals surface area contributed by atoms with Gasteiger partial charge in [-0.15, -0.1) is 11.3 Å². The number of aliphatic hydroxyl groups excluding tert-OH is 1. The van der Waals surface area contributed by atoms with E-state index < -0.39 is 6.10 Å². The third-order valence-corrected chi connectivity index (χ3v) is 5.15. The second kappa shape index (κ2) is 6.01. The van der Waals surface area contributed by atoms with Gasteiger partial charge in [0.1, 0.15) is 5.01 Å². The van der Waals surface area contributed by atoms with Crippen LogP contribution in [0.2, 0.25) is 0 Å². The molecule has 2 heterocycles. The van der Waals surface area contributed by atoms with Crippen LogP contribution in [0.25, 0.3) is 10.2 Å². The Kier molecular flexibility index (Phi) is 4.12. The minimum absolute atomic E-state index is 0.140. The van der Waals surface area contributed by atoms with Crippen molar-refractivity contribution in [3.63, 3.8) is 0 Å². The first-order valence-electron chi connectivity index (χ1n) is 6.53. The molecule has 0 saturated carbocycles. The molecule has 2 aromatic heterocycles. The van der Waals surface area contributed by atoms with Crippen molar-refractivity contribution in [1.29, 1.82) is 0 Å². The third kappa shape index (κ3) is 2.91. The molecular formula is C15H16N2OS2. The topological polar surface area (TPSA) is 45.1 Å². The largest absolute Gasteiger partial charge is 0.387 e. The monoisotopic (exact) mass is 304 g/mol.